The third-order valence-electron chi connectivity index (χ3n) is 6.50. The van der Waals surface area contributed by atoms with Crippen LogP contribution in [0.3, 0.4) is 0 Å². The Hall–Kier alpha value is -3.99. The van der Waals surface area contributed by atoms with Crippen LogP contribution >= 0.6 is 0 Å². The van der Waals surface area contributed by atoms with Gasteiger partial charge in [0.25, 0.3) is 0 Å². The summed E-state index contributed by atoms with van der Waals surface area (Å²) >= 11 is 0. The molecule has 1 fully saturated rings. The van der Waals surface area contributed by atoms with Crippen LogP contribution in [0.4, 0.5) is 10.1 Å². The van der Waals surface area contributed by atoms with Crippen LogP contribution in [0.15, 0.2) is 91.0 Å². The molecule has 1 amide bonds. The van der Waals surface area contributed by atoms with Crippen molar-refractivity contribution in [1.29, 1.82) is 0 Å². The summed E-state index contributed by atoms with van der Waals surface area (Å²) in [6.07, 6.45) is 0.357. The average molecular weight is 436 g/mol. The van der Waals surface area contributed by atoms with Crippen molar-refractivity contribution in [2.45, 2.75) is 18.9 Å². The van der Waals surface area contributed by atoms with Crippen molar-refractivity contribution in [2.75, 3.05) is 11.4 Å². The summed E-state index contributed by atoms with van der Waals surface area (Å²) in [5, 5.41) is 2.42. The highest BCUT2D eigenvalue weighted by Gasteiger charge is 2.35. The van der Waals surface area contributed by atoms with Crippen molar-refractivity contribution in [2.24, 2.45) is 0 Å². The molecule has 1 atom stereocenters. The van der Waals surface area contributed by atoms with Crippen molar-refractivity contribution >= 4 is 33.4 Å². The predicted octanol–water partition coefficient (Wildman–Crippen LogP) is 5.90. The standard InChI is InChI=1S/C28H22FN3O/c29-22-10-6-11-23(16-22)31-18-21(15-27(31)33)28-30-25-13-3-4-14-26(25)32(28)17-20-9-5-8-19-7-1-2-12-24(19)20/h1-14,16,21H,15,17-18H2. The number of aromatic nitrogens is 2. The van der Waals surface area contributed by atoms with Gasteiger partial charge in [0.1, 0.15) is 11.6 Å². The second-order valence-electron chi connectivity index (χ2n) is 8.57. The van der Waals surface area contributed by atoms with E-state index in [1.54, 1.807) is 17.0 Å². The first-order valence-corrected chi connectivity index (χ1v) is 11.1. The van der Waals surface area contributed by atoms with E-state index in [-0.39, 0.29) is 17.6 Å². The Morgan fingerprint density at radius 1 is 0.909 bits per heavy atom. The second-order valence-corrected chi connectivity index (χ2v) is 8.57. The first-order chi connectivity index (χ1) is 16.2. The Bertz CT molecular complexity index is 1500. The summed E-state index contributed by atoms with van der Waals surface area (Å²) in [5.41, 5.74) is 3.78. The molecule has 0 spiro atoms. The zero-order chi connectivity index (χ0) is 22.4. The maximum atomic E-state index is 13.8. The van der Waals surface area contributed by atoms with Crippen LogP contribution in [0.25, 0.3) is 21.8 Å². The molecular formula is C28H22FN3O. The molecule has 0 bridgehead atoms. The summed E-state index contributed by atoms with van der Waals surface area (Å²) in [7, 11) is 0. The molecule has 5 heteroatoms. The van der Waals surface area contributed by atoms with Crippen LogP contribution in [0, 0.1) is 5.82 Å². The van der Waals surface area contributed by atoms with Gasteiger partial charge in [0.05, 0.1) is 11.0 Å². The number of halogens is 1. The number of nitrogens with zero attached hydrogens (tertiary/aromatic N) is 3. The van der Waals surface area contributed by atoms with Crippen LogP contribution in [-0.4, -0.2) is 22.0 Å². The van der Waals surface area contributed by atoms with Gasteiger partial charge in [-0.2, -0.15) is 0 Å². The fraction of sp³-hybridized carbons (Fsp3) is 0.143. The normalized spacial score (nSPS) is 16.2. The molecule has 4 aromatic carbocycles. The minimum absolute atomic E-state index is 0.00522. The van der Waals surface area contributed by atoms with E-state index in [0.717, 1.165) is 16.9 Å². The van der Waals surface area contributed by atoms with Crippen LogP contribution in [-0.2, 0) is 11.3 Å². The van der Waals surface area contributed by atoms with Gasteiger partial charge in [-0.15, -0.1) is 0 Å². The molecule has 0 N–H and O–H groups in total. The largest absolute Gasteiger partial charge is 0.323 e. The van der Waals surface area contributed by atoms with Crippen molar-refractivity contribution in [3.63, 3.8) is 0 Å². The van der Waals surface area contributed by atoms with Crippen LogP contribution in [0.5, 0.6) is 0 Å². The van der Waals surface area contributed by atoms with Gasteiger partial charge < -0.3 is 9.47 Å². The van der Waals surface area contributed by atoms with E-state index in [9.17, 15) is 9.18 Å². The summed E-state index contributed by atoms with van der Waals surface area (Å²) in [6.45, 7) is 1.16. The van der Waals surface area contributed by atoms with E-state index in [2.05, 4.69) is 53.1 Å². The van der Waals surface area contributed by atoms with Crippen molar-refractivity contribution < 1.29 is 9.18 Å². The molecule has 0 aliphatic carbocycles. The van der Waals surface area contributed by atoms with Crippen molar-refractivity contribution in [3.05, 3.63) is 108 Å². The summed E-state index contributed by atoms with van der Waals surface area (Å²) < 4.78 is 16.0. The minimum atomic E-state index is -0.341. The number of carbonyl (C=O) groups excluding carboxylic acids is 1. The smallest absolute Gasteiger partial charge is 0.227 e. The summed E-state index contributed by atoms with van der Waals surface area (Å²) in [4.78, 5) is 19.5. The highest BCUT2D eigenvalue weighted by Crippen LogP contribution is 2.34. The number of carbonyl (C=O) groups is 1. The number of fused-ring (bicyclic) bond motifs is 2. The first kappa shape index (κ1) is 19.7. The van der Waals surface area contributed by atoms with E-state index in [1.165, 1.54) is 28.5 Å². The molecule has 33 heavy (non-hydrogen) atoms. The Kier molecular flexibility index (Phi) is 4.68. The average Bonchev–Trinajstić information content (AvgIpc) is 3.40. The second kappa shape index (κ2) is 7.85. The zero-order valence-electron chi connectivity index (χ0n) is 18.0. The van der Waals surface area contributed by atoms with Crippen LogP contribution < -0.4 is 4.90 Å². The molecule has 0 radical (unpaired) electrons. The lowest BCUT2D eigenvalue weighted by molar-refractivity contribution is -0.117. The lowest BCUT2D eigenvalue weighted by Gasteiger charge is -2.18. The fourth-order valence-corrected chi connectivity index (χ4v) is 4.95. The molecule has 4 nitrogen and oxygen atoms in total. The predicted molar refractivity (Wildman–Crippen MR) is 129 cm³/mol. The number of amides is 1. The summed E-state index contributed by atoms with van der Waals surface area (Å²) in [5.74, 6) is 0.487. The molecule has 1 saturated heterocycles. The monoisotopic (exact) mass is 435 g/mol. The van der Waals surface area contributed by atoms with Gasteiger partial charge in [-0.1, -0.05) is 60.7 Å². The molecule has 162 valence electrons. The van der Waals surface area contributed by atoms with Gasteiger partial charge in [-0.3, -0.25) is 4.79 Å². The van der Waals surface area contributed by atoms with E-state index in [1.807, 2.05) is 18.2 Å². The maximum Gasteiger partial charge on any atom is 0.227 e. The lowest BCUT2D eigenvalue weighted by atomic mass is 10.0. The maximum absolute atomic E-state index is 13.8. The number of benzene rings is 4. The molecule has 2 heterocycles. The molecule has 1 aliphatic heterocycles. The van der Waals surface area contributed by atoms with Gasteiger partial charge in [-0.05, 0) is 46.7 Å². The molecule has 1 unspecified atom stereocenters. The number of hydrogen-bond donors (Lipinski definition) is 0. The van der Waals surface area contributed by atoms with Crippen molar-refractivity contribution in [3.8, 4) is 0 Å². The SMILES string of the molecule is O=C1CC(c2nc3ccccc3n2Cc2cccc3ccccc23)CN1c1cccc(F)c1. The molecule has 0 saturated carbocycles. The Morgan fingerprint density at radius 3 is 2.61 bits per heavy atom. The van der Waals surface area contributed by atoms with E-state index < -0.39 is 0 Å². The van der Waals surface area contributed by atoms with Gasteiger partial charge in [-0.25, -0.2) is 9.37 Å². The zero-order valence-corrected chi connectivity index (χ0v) is 18.0. The Labute approximate surface area is 190 Å². The summed E-state index contributed by atoms with van der Waals surface area (Å²) in [6, 6.07) is 29.1. The quantitative estimate of drug-likeness (QED) is 0.353. The third kappa shape index (κ3) is 3.46. The number of anilines is 1. The Morgan fingerprint density at radius 2 is 1.70 bits per heavy atom. The fourth-order valence-electron chi connectivity index (χ4n) is 4.95. The highest BCUT2D eigenvalue weighted by molar-refractivity contribution is 5.96. The molecule has 1 aliphatic rings. The van der Waals surface area contributed by atoms with Crippen molar-refractivity contribution in [1.82, 2.24) is 9.55 Å². The van der Waals surface area contributed by atoms with Crippen LogP contribution in [0.2, 0.25) is 0 Å². The highest BCUT2D eigenvalue weighted by atomic mass is 19.1. The number of para-hydroxylation sites is 2. The molecule has 1 aromatic heterocycles. The Balaban J connectivity index is 1.42. The third-order valence-corrected chi connectivity index (χ3v) is 6.50. The van der Waals surface area contributed by atoms with E-state index in [0.29, 0.717) is 25.2 Å². The lowest BCUT2D eigenvalue weighted by Crippen LogP contribution is -2.24. The number of rotatable bonds is 4. The number of imidazole rings is 1. The first-order valence-electron chi connectivity index (χ1n) is 11.1. The molecular weight excluding hydrogens is 413 g/mol. The van der Waals surface area contributed by atoms with Crippen LogP contribution in [0.1, 0.15) is 23.7 Å². The topological polar surface area (TPSA) is 38.1 Å². The number of hydrogen-bond acceptors (Lipinski definition) is 2. The van der Waals surface area contributed by atoms with Gasteiger partial charge in [0, 0.05) is 31.1 Å². The van der Waals surface area contributed by atoms with E-state index >= 15 is 0 Å². The van der Waals surface area contributed by atoms with E-state index in [4.69, 9.17) is 4.98 Å². The van der Waals surface area contributed by atoms with Gasteiger partial charge >= 0.3 is 0 Å². The molecule has 5 aromatic rings. The van der Waals surface area contributed by atoms with Gasteiger partial charge in [0.15, 0.2) is 0 Å². The van der Waals surface area contributed by atoms with Gasteiger partial charge in [0.2, 0.25) is 5.91 Å². The molecule has 6 rings (SSSR count). The minimum Gasteiger partial charge on any atom is -0.323 e.